The Kier molecular flexibility index (Phi) is 7.02. The minimum absolute atomic E-state index is 0.0257. The van der Waals surface area contributed by atoms with Crippen molar-refractivity contribution in [2.24, 2.45) is 28.6 Å². The maximum absolute atomic E-state index is 11.5. The molecule has 0 saturated heterocycles. The van der Waals surface area contributed by atoms with Crippen molar-refractivity contribution in [1.82, 2.24) is 0 Å². The Morgan fingerprint density at radius 1 is 1.22 bits per heavy atom. The monoisotopic (exact) mass is 442 g/mol. The molecule has 0 amide bonds. The molecule has 5 atom stereocenters. The van der Waals surface area contributed by atoms with E-state index in [2.05, 4.69) is 34.6 Å². The number of hydrogen-bond donors (Lipinski definition) is 2. The van der Waals surface area contributed by atoms with E-state index >= 15 is 0 Å². The van der Waals surface area contributed by atoms with E-state index < -0.39 is 5.97 Å². The van der Waals surface area contributed by atoms with Gasteiger partial charge in [0.25, 0.3) is 0 Å². The summed E-state index contributed by atoms with van der Waals surface area (Å²) in [5, 5.41) is 20.3. The summed E-state index contributed by atoms with van der Waals surface area (Å²) in [6, 6.07) is 3.89. The lowest BCUT2D eigenvalue weighted by Crippen LogP contribution is -2.54. The van der Waals surface area contributed by atoms with Crippen molar-refractivity contribution in [2.45, 2.75) is 86.5 Å². The van der Waals surface area contributed by atoms with E-state index in [0.29, 0.717) is 23.5 Å². The van der Waals surface area contributed by atoms with Crippen LogP contribution in [0.5, 0.6) is 11.5 Å². The van der Waals surface area contributed by atoms with Crippen LogP contribution in [-0.2, 0) is 11.2 Å². The van der Waals surface area contributed by atoms with Gasteiger partial charge in [0.15, 0.2) is 0 Å². The second-order valence-electron chi connectivity index (χ2n) is 11.2. The summed E-state index contributed by atoms with van der Waals surface area (Å²) >= 11 is 0. The summed E-state index contributed by atoms with van der Waals surface area (Å²) < 4.78 is 5.51. The lowest BCUT2D eigenvalue weighted by atomic mass is 9.43. The van der Waals surface area contributed by atoms with Crippen LogP contribution in [-0.4, -0.2) is 23.3 Å². The molecule has 178 valence electrons. The molecule has 2 aliphatic rings. The molecule has 32 heavy (non-hydrogen) atoms. The summed E-state index contributed by atoms with van der Waals surface area (Å²) in [6.45, 7) is 13.5. The molecule has 4 heteroatoms. The fraction of sp³-hybridized carbons (Fsp3) is 0.679. The van der Waals surface area contributed by atoms with Crippen molar-refractivity contribution in [3.63, 3.8) is 0 Å². The molecule has 3 rings (SSSR count). The first kappa shape index (κ1) is 24.7. The van der Waals surface area contributed by atoms with Crippen LogP contribution in [0.1, 0.15) is 84.3 Å². The van der Waals surface area contributed by atoms with Crippen molar-refractivity contribution in [3.8, 4) is 11.5 Å². The van der Waals surface area contributed by atoms with Crippen molar-refractivity contribution in [2.75, 3.05) is 7.11 Å². The summed E-state index contributed by atoms with van der Waals surface area (Å²) in [7, 11) is 1.67. The van der Waals surface area contributed by atoms with Crippen LogP contribution in [0.2, 0.25) is 0 Å². The number of aromatic hydroxyl groups is 1. The number of benzene rings is 1. The lowest BCUT2D eigenvalue weighted by Gasteiger charge is -2.61. The van der Waals surface area contributed by atoms with E-state index in [-0.39, 0.29) is 17.3 Å². The Labute approximate surface area is 194 Å². The third-order valence-corrected chi connectivity index (χ3v) is 9.20. The van der Waals surface area contributed by atoms with E-state index in [0.717, 1.165) is 55.4 Å². The maximum Gasteiger partial charge on any atom is 0.303 e. The second kappa shape index (κ2) is 9.11. The molecular weight excluding hydrogens is 400 g/mol. The molecule has 4 nitrogen and oxygen atoms in total. The zero-order valence-electron chi connectivity index (χ0n) is 21.0. The molecule has 2 N–H and O–H groups in total. The number of aliphatic carboxylic acids is 1. The van der Waals surface area contributed by atoms with Gasteiger partial charge in [-0.05, 0) is 111 Å². The summed E-state index contributed by atoms with van der Waals surface area (Å²) in [6.07, 6.45) is 6.21. The van der Waals surface area contributed by atoms with Crippen molar-refractivity contribution in [3.05, 3.63) is 34.4 Å². The highest BCUT2D eigenvalue weighted by atomic mass is 16.5. The first-order chi connectivity index (χ1) is 14.9. The van der Waals surface area contributed by atoms with Gasteiger partial charge in [-0.3, -0.25) is 4.79 Å². The number of carboxylic acids is 1. The molecular formula is C28H42O4. The number of carbonyl (C=O) groups is 1. The van der Waals surface area contributed by atoms with Crippen LogP contribution in [0.3, 0.4) is 0 Å². The van der Waals surface area contributed by atoms with E-state index in [1.54, 1.807) is 7.11 Å². The van der Waals surface area contributed by atoms with Gasteiger partial charge in [-0.1, -0.05) is 31.9 Å². The number of rotatable bonds is 6. The Morgan fingerprint density at radius 3 is 2.50 bits per heavy atom. The van der Waals surface area contributed by atoms with Crippen molar-refractivity contribution >= 4 is 5.97 Å². The molecule has 1 aromatic rings. The number of hydrogen-bond acceptors (Lipinski definition) is 3. The van der Waals surface area contributed by atoms with Gasteiger partial charge < -0.3 is 14.9 Å². The molecule has 0 aliphatic heterocycles. The Bertz CT molecular complexity index is 897. The van der Waals surface area contributed by atoms with Crippen molar-refractivity contribution < 1.29 is 19.7 Å². The van der Waals surface area contributed by atoms with Gasteiger partial charge in [0.1, 0.15) is 11.5 Å². The maximum atomic E-state index is 11.5. The highest BCUT2D eigenvalue weighted by Crippen LogP contribution is 2.65. The molecule has 0 spiro atoms. The van der Waals surface area contributed by atoms with Crippen LogP contribution in [0.15, 0.2) is 23.3 Å². The number of phenols is 1. The van der Waals surface area contributed by atoms with Crippen LogP contribution < -0.4 is 4.74 Å². The third kappa shape index (κ3) is 4.30. The lowest BCUT2D eigenvalue weighted by molar-refractivity contribution is -0.138. The molecule has 1 aromatic carbocycles. The Morgan fingerprint density at radius 2 is 1.91 bits per heavy atom. The average molecular weight is 443 g/mol. The van der Waals surface area contributed by atoms with E-state index in [4.69, 9.17) is 4.74 Å². The predicted molar refractivity (Wildman–Crippen MR) is 129 cm³/mol. The zero-order chi connectivity index (χ0) is 23.8. The number of fused-ring (bicyclic) bond motifs is 1. The smallest absolute Gasteiger partial charge is 0.303 e. The standard InChI is InChI=1S/C28H42O4/c1-17(2)22-8-10-24-27(5,23(22)9-11-25(29)30)13-12-19(4)28(24,6)16-20-15-21(32-7)14-18(3)26(20)31/h14-15,19,23-24,31H,8-13,16H2,1-7H3,(H,29,30)/t19-,23-,24+,27+,28?/m1/s1. The highest BCUT2D eigenvalue weighted by Gasteiger charge is 2.57. The van der Waals surface area contributed by atoms with Gasteiger partial charge in [0.05, 0.1) is 7.11 Å². The van der Waals surface area contributed by atoms with Gasteiger partial charge in [-0.15, -0.1) is 0 Å². The third-order valence-electron chi connectivity index (χ3n) is 9.20. The SMILES string of the molecule is COc1cc(C)c(O)c(CC2(C)[C@H](C)CC[C@@]3(C)[C@H](CCC(=O)O)C(=C(C)C)CC[C@H]23)c1. The molecule has 0 heterocycles. The summed E-state index contributed by atoms with van der Waals surface area (Å²) in [4.78, 5) is 11.5. The van der Waals surface area contributed by atoms with Crippen LogP contribution in [0.25, 0.3) is 0 Å². The number of carboxylic acid groups (broad SMARTS) is 1. The number of methoxy groups -OCH3 is 1. The molecule has 0 bridgehead atoms. The van der Waals surface area contributed by atoms with Gasteiger partial charge in [-0.25, -0.2) is 0 Å². The van der Waals surface area contributed by atoms with Gasteiger partial charge in [0, 0.05) is 6.42 Å². The number of ether oxygens (including phenoxy) is 1. The Balaban J connectivity index is 2.04. The quantitative estimate of drug-likeness (QED) is 0.469. The summed E-state index contributed by atoms with van der Waals surface area (Å²) in [5.74, 6) is 1.79. The fourth-order valence-electron chi connectivity index (χ4n) is 7.22. The van der Waals surface area contributed by atoms with Gasteiger partial charge >= 0.3 is 5.97 Å². The second-order valence-corrected chi connectivity index (χ2v) is 11.2. The minimum atomic E-state index is -0.701. The first-order valence-corrected chi connectivity index (χ1v) is 12.2. The average Bonchev–Trinajstić information content (AvgIpc) is 2.72. The normalized spacial score (nSPS) is 32.3. The van der Waals surface area contributed by atoms with Gasteiger partial charge in [0.2, 0.25) is 0 Å². The van der Waals surface area contributed by atoms with E-state index in [1.165, 1.54) is 11.1 Å². The Hall–Kier alpha value is -1.97. The van der Waals surface area contributed by atoms with Crippen LogP contribution in [0.4, 0.5) is 0 Å². The largest absolute Gasteiger partial charge is 0.507 e. The number of allylic oxidation sites excluding steroid dienone is 2. The molecule has 0 aromatic heterocycles. The molecule has 2 fully saturated rings. The fourth-order valence-corrected chi connectivity index (χ4v) is 7.22. The van der Waals surface area contributed by atoms with Gasteiger partial charge in [-0.2, -0.15) is 0 Å². The molecule has 2 saturated carbocycles. The number of aryl methyl sites for hydroxylation is 1. The predicted octanol–water partition coefficient (Wildman–Crippen LogP) is 6.92. The topological polar surface area (TPSA) is 66.8 Å². The highest BCUT2D eigenvalue weighted by molar-refractivity contribution is 5.66. The first-order valence-electron chi connectivity index (χ1n) is 12.2. The van der Waals surface area contributed by atoms with E-state index in [1.807, 2.05) is 19.1 Å². The van der Waals surface area contributed by atoms with Crippen molar-refractivity contribution in [1.29, 1.82) is 0 Å². The van der Waals surface area contributed by atoms with Crippen LogP contribution >= 0.6 is 0 Å². The van der Waals surface area contributed by atoms with Crippen LogP contribution in [0, 0.1) is 35.5 Å². The molecule has 2 aliphatic carbocycles. The molecule has 1 unspecified atom stereocenters. The minimum Gasteiger partial charge on any atom is -0.507 e. The summed E-state index contributed by atoms with van der Waals surface area (Å²) in [5.41, 5.74) is 4.77. The zero-order valence-corrected chi connectivity index (χ0v) is 21.0. The number of phenolic OH excluding ortho intramolecular Hbond substituents is 1. The van der Waals surface area contributed by atoms with E-state index in [9.17, 15) is 15.0 Å². The molecule has 0 radical (unpaired) electrons.